The summed E-state index contributed by atoms with van der Waals surface area (Å²) in [5.74, 6) is -0.419. The summed E-state index contributed by atoms with van der Waals surface area (Å²) in [7, 11) is 0. The van der Waals surface area contributed by atoms with Crippen molar-refractivity contribution in [2.24, 2.45) is 0 Å². The topological polar surface area (TPSA) is 87.7 Å². The van der Waals surface area contributed by atoms with E-state index in [1.165, 1.54) is 13.0 Å². The zero-order valence-electron chi connectivity index (χ0n) is 13.7. The fourth-order valence-corrected chi connectivity index (χ4v) is 1.94. The first-order valence-electron chi connectivity index (χ1n) is 7.57. The predicted octanol–water partition coefficient (Wildman–Crippen LogP) is 1.39. The van der Waals surface area contributed by atoms with Crippen LogP contribution in [0.5, 0.6) is 5.75 Å². The van der Waals surface area contributed by atoms with E-state index in [4.69, 9.17) is 4.74 Å². The van der Waals surface area contributed by atoms with Crippen LogP contribution in [-0.2, 0) is 4.79 Å². The number of amides is 3. The Morgan fingerprint density at radius 2 is 1.74 bits per heavy atom. The number of hydrogen-bond acceptors (Lipinski definition) is 4. The summed E-state index contributed by atoms with van der Waals surface area (Å²) in [5.41, 5.74) is 0.388. The van der Waals surface area contributed by atoms with E-state index in [1.807, 2.05) is 13.8 Å². The van der Waals surface area contributed by atoms with Crippen LogP contribution in [0, 0.1) is 0 Å². The Morgan fingerprint density at radius 3 is 2.35 bits per heavy atom. The van der Waals surface area contributed by atoms with Crippen LogP contribution in [0.15, 0.2) is 24.3 Å². The van der Waals surface area contributed by atoms with Crippen LogP contribution in [0.2, 0.25) is 0 Å². The van der Waals surface area contributed by atoms with E-state index in [2.05, 4.69) is 10.6 Å². The van der Waals surface area contributed by atoms with Gasteiger partial charge in [-0.3, -0.25) is 9.59 Å². The predicted molar refractivity (Wildman–Crippen MR) is 86.4 cm³/mol. The van der Waals surface area contributed by atoms with Crippen molar-refractivity contribution in [1.82, 2.24) is 15.5 Å². The van der Waals surface area contributed by atoms with Crippen LogP contribution >= 0.6 is 0 Å². The molecule has 0 spiro atoms. The van der Waals surface area contributed by atoms with E-state index < -0.39 is 5.97 Å². The average Bonchev–Trinajstić information content (AvgIpc) is 2.52. The van der Waals surface area contributed by atoms with Crippen molar-refractivity contribution in [2.75, 3.05) is 26.2 Å². The molecular weight excluding hydrogens is 298 g/mol. The third kappa shape index (κ3) is 6.37. The number of benzene rings is 1. The molecule has 0 fully saturated rings. The van der Waals surface area contributed by atoms with Gasteiger partial charge in [0.05, 0.1) is 0 Å². The van der Waals surface area contributed by atoms with E-state index in [0.29, 0.717) is 37.5 Å². The SMILES string of the molecule is CCN(CC)C(=O)NCCNC(=O)c1cccc(OC(C)=O)c1. The number of ether oxygens (including phenoxy) is 1. The Morgan fingerprint density at radius 1 is 1.09 bits per heavy atom. The van der Waals surface area contributed by atoms with E-state index in [1.54, 1.807) is 23.1 Å². The summed E-state index contributed by atoms with van der Waals surface area (Å²) in [6.07, 6.45) is 0. The monoisotopic (exact) mass is 321 g/mol. The largest absolute Gasteiger partial charge is 0.427 e. The third-order valence-electron chi connectivity index (χ3n) is 3.10. The second-order valence-corrected chi connectivity index (χ2v) is 4.78. The molecule has 0 bridgehead atoms. The molecule has 0 aliphatic heterocycles. The van der Waals surface area contributed by atoms with Crippen molar-refractivity contribution in [1.29, 1.82) is 0 Å². The fourth-order valence-electron chi connectivity index (χ4n) is 1.94. The smallest absolute Gasteiger partial charge is 0.317 e. The van der Waals surface area contributed by atoms with Crippen LogP contribution in [0.1, 0.15) is 31.1 Å². The number of carbonyl (C=O) groups is 3. The molecule has 1 aromatic rings. The van der Waals surface area contributed by atoms with Gasteiger partial charge in [0.15, 0.2) is 0 Å². The zero-order valence-corrected chi connectivity index (χ0v) is 13.7. The standard InChI is InChI=1S/C16H23N3O4/c1-4-19(5-2)16(22)18-10-9-17-15(21)13-7-6-8-14(11-13)23-12(3)20/h6-8,11H,4-5,9-10H2,1-3H3,(H,17,21)(H,18,22). The lowest BCUT2D eigenvalue weighted by Gasteiger charge is -2.19. The van der Waals surface area contributed by atoms with Gasteiger partial charge in [0, 0.05) is 38.7 Å². The van der Waals surface area contributed by atoms with Crippen LogP contribution in [0.25, 0.3) is 0 Å². The molecule has 1 rings (SSSR count). The first-order valence-corrected chi connectivity index (χ1v) is 7.57. The lowest BCUT2D eigenvalue weighted by atomic mass is 10.2. The molecule has 0 atom stereocenters. The summed E-state index contributed by atoms with van der Waals surface area (Å²) in [5, 5.41) is 5.43. The molecular formula is C16H23N3O4. The van der Waals surface area contributed by atoms with Gasteiger partial charge in [-0.2, -0.15) is 0 Å². The zero-order chi connectivity index (χ0) is 17.2. The van der Waals surface area contributed by atoms with Crippen LogP contribution < -0.4 is 15.4 Å². The molecule has 7 nitrogen and oxygen atoms in total. The van der Waals surface area contributed by atoms with E-state index in [9.17, 15) is 14.4 Å². The van der Waals surface area contributed by atoms with Crippen molar-refractivity contribution >= 4 is 17.9 Å². The first-order chi connectivity index (χ1) is 11.0. The van der Waals surface area contributed by atoms with E-state index >= 15 is 0 Å². The fraction of sp³-hybridized carbons (Fsp3) is 0.438. The summed E-state index contributed by atoms with van der Waals surface area (Å²) >= 11 is 0. The quantitative estimate of drug-likeness (QED) is 0.451. The summed E-state index contributed by atoms with van der Waals surface area (Å²) in [6.45, 7) is 7.02. The van der Waals surface area contributed by atoms with Gasteiger partial charge in [-0.15, -0.1) is 0 Å². The minimum Gasteiger partial charge on any atom is -0.427 e. The molecule has 2 N–H and O–H groups in total. The molecule has 0 saturated carbocycles. The van der Waals surface area contributed by atoms with Gasteiger partial charge in [-0.1, -0.05) is 6.07 Å². The molecule has 0 unspecified atom stereocenters. The number of urea groups is 1. The second-order valence-electron chi connectivity index (χ2n) is 4.78. The molecule has 3 amide bonds. The van der Waals surface area contributed by atoms with Crippen LogP contribution in [0.3, 0.4) is 0 Å². The van der Waals surface area contributed by atoms with E-state index in [0.717, 1.165) is 0 Å². The summed E-state index contributed by atoms with van der Waals surface area (Å²) in [4.78, 5) is 36.3. The molecule has 0 aromatic heterocycles. The number of nitrogens with zero attached hydrogens (tertiary/aromatic N) is 1. The maximum absolute atomic E-state index is 12.0. The minimum absolute atomic E-state index is 0.152. The van der Waals surface area contributed by atoms with Crippen LogP contribution in [0.4, 0.5) is 4.79 Å². The molecule has 0 radical (unpaired) electrons. The molecule has 0 heterocycles. The number of rotatable bonds is 7. The Labute approximate surface area is 136 Å². The highest BCUT2D eigenvalue weighted by atomic mass is 16.5. The minimum atomic E-state index is -0.443. The highest BCUT2D eigenvalue weighted by Crippen LogP contribution is 2.13. The van der Waals surface area contributed by atoms with E-state index in [-0.39, 0.29) is 11.9 Å². The van der Waals surface area contributed by atoms with Gasteiger partial charge < -0.3 is 20.3 Å². The Kier molecular flexibility index (Phi) is 7.59. The maximum atomic E-state index is 12.0. The Bertz CT molecular complexity index is 556. The normalized spacial score (nSPS) is 9.87. The molecule has 0 aliphatic rings. The number of hydrogen-bond donors (Lipinski definition) is 2. The highest BCUT2D eigenvalue weighted by Gasteiger charge is 2.09. The van der Waals surface area contributed by atoms with Gasteiger partial charge in [-0.05, 0) is 32.0 Å². The Hall–Kier alpha value is -2.57. The molecule has 7 heteroatoms. The third-order valence-corrected chi connectivity index (χ3v) is 3.10. The van der Waals surface area contributed by atoms with Crippen molar-refractivity contribution in [3.8, 4) is 5.75 Å². The highest BCUT2D eigenvalue weighted by molar-refractivity contribution is 5.94. The van der Waals surface area contributed by atoms with Crippen molar-refractivity contribution < 1.29 is 19.1 Å². The number of esters is 1. The molecule has 126 valence electrons. The van der Waals surface area contributed by atoms with Gasteiger partial charge in [-0.25, -0.2) is 4.79 Å². The van der Waals surface area contributed by atoms with Gasteiger partial charge in [0.25, 0.3) is 5.91 Å². The molecule has 0 aliphatic carbocycles. The number of carbonyl (C=O) groups excluding carboxylic acids is 3. The van der Waals surface area contributed by atoms with Crippen molar-refractivity contribution in [3.05, 3.63) is 29.8 Å². The van der Waals surface area contributed by atoms with Gasteiger partial charge in [0.2, 0.25) is 0 Å². The van der Waals surface area contributed by atoms with Crippen LogP contribution in [-0.4, -0.2) is 49.0 Å². The van der Waals surface area contributed by atoms with Gasteiger partial charge in [0.1, 0.15) is 5.75 Å². The molecule has 1 aromatic carbocycles. The first kappa shape index (κ1) is 18.5. The Balaban J connectivity index is 2.42. The summed E-state index contributed by atoms with van der Waals surface area (Å²) in [6, 6.07) is 6.20. The second kappa shape index (κ2) is 9.45. The average molecular weight is 321 g/mol. The van der Waals surface area contributed by atoms with Gasteiger partial charge >= 0.3 is 12.0 Å². The lowest BCUT2D eigenvalue weighted by Crippen LogP contribution is -2.42. The lowest BCUT2D eigenvalue weighted by molar-refractivity contribution is -0.131. The molecule has 23 heavy (non-hydrogen) atoms. The maximum Gasteiger partial charge on any atom is 0.317 e. The number of nitrogens with one attached hydrogen (secondary N) is 2. The molecule has 0 saturated heterocycles. The van der Waals surface area contributed by atoms with Crippen molar-refractivity contribution in [2.45, 2.75) is 20.8 Å². The summed E-state index contributed by atoms with van der Waals surface area (Å²) < 4.78 is 4.93. The van der Waals surface area contributed by atoms with Crippen molar-refractivity contribution in [3.63, 3.8) is 0 Å².